The lowest BCUT2D eigenvalue weighted by Crippen LogP contribution is -2.47. The highest BCUT2D eigenvalue weighted by Crippen LogP contribution is 2.16. The second-order valence-electron chi connectivity index (χ2n) is 5.70. The minimum Gasteiger partial charge on any atom is -0.340 e. The molecule has 7 nitrogen and oxygen atoms in total. The van der Waals surface area contributed by atoms with Crippen LogP contribution in [0, 0.1) is 11.3 Å². The predicted molar refractivity (Wildman–Crippen MR) is 89.9 cm³/mol. The Morgan fingerprint density at radius 3 is 2.75 bits per heavy atom. The number of likely N-dealkylation sites (N-methyl/N-ethyl adjacent to an activating group) is 1. The molecular weight excluding hydrogens is 304 g/mol. The fourth-order valence-electron chi connectivity index (χ4n) is 2.53. The smallest absolute Gasteiger partial charge is 0.272 e. The standard InChI is InChI=1S/C17H18N6O/c1-22-5-7-23(8-6-22)17(24)15-10-16(20-12-19-15)21-14-4-2-3-13(9-14)11-18/h2-4,9-10,12H,5-8H2,1H3,(H,19,20,21). The van der Waals surface area contributed by atoms with Crippen molar-refractivity contribution in [2.45, 2.75) is 0 Å². The molecule has 0 bridgehead atoms. The largest absolute Gasteiger partial charge is 0.340 e. The second kappa shape index (κ2) is 7.06. The molecular formula is C17H18N6O. The summed E-state index contributed by atoms with van der Waals surface area (Å²) in [6.45, 7) is 3.13. The van der Waals surface area contributed by atoms with E-state index in [1.54, 1.807) is 24.3 Å². The van der Waals surface area contributed by atoms with Crippen LogP contribution in [0.1, 0.15) is 16.1 Å². The Hall–Kier alpha value is -2.98. The van der Waals surface area contributed by atoms with Gasteiger partial charge in [0.1, 0.15) is 17.8 Å². The minimum absolute atomic E-state index is 0.0840. The SMILES string of the molecule is CN1CCN(C(=O)c2cc(Nc3cccc(C#N)c3)ncn2)CC1. The first-order chi connectivity index (χ1) is 11.7. The molecule has 122 valence electrons. The van der Waals surface area contributed by atoms with Crippen molar-refractivity contribution in [3.8, 4) is 6.07 Å². The number of hydrogen-bond acceptors (Lipinski definition) is 6. The molecule has 0 atom stereocenters. The van der Waals surface area contributed by atoms with Crippen LogP contribution in [0.4, 0.5) is 11.5 Å². The average Bonchev–Trinajstić information content (AvgIpc) is 2.62. The van der Waals surface area contributed by atoms with Crippen LogP contribution in [0.15, 0.2) is 36.7 Å². The van der Waals surface area contributed by atoms with Crippen LogP contribution in [0.5, 0.6) is 0 Å². The number of hydrogen-bond donors (Lipinski definition) is 1. The van der Waals surface area contributed by atoms with Gasteiger partial charge in [-0.3, -0.25) is 4.79 Å². The third kappa shape index (κ3) is 3.67. The van der Waals surface area contributed by atoms with Gasteiger partial charge in [-0.25, -0.2) is 9.97 Å². The number of nitrogens with one attached hydrogen (secondary N) is 1. The lowest BCUT2D eigenvalue weighted by Gasteiger charge is -2.32. The Balaban J connectivity index is 1.74. The first-order valence-corrected chi connectivity index (χ1v) is 7.73. The molecule has 1 saturated heterocycles. The van der Waals surface area contributed by atoms with Crippen LogP contribution in [0.2, 0.25) is 0 Å². The van der Waals surface area contributed by atoms with E-state index in [0.29, 0.717) is 30.2 Å². The van der Waals surface area contributed by atoms with Crippen molar-refractivity contribution in [2.24, 2.45) is 0 Å². The Kier molecular flexibility index (Phi) is 4.68. The zero-order chi connectivity index (χ0) is 16.9. The first-order valence-electron chi connectivity index (χ1n) is 7.73. The maximum atomic E-state index is 12.6. The number of nitrogens with zero attached hydrogens (tertiary/aromatic N) is 5. The van der Waals surface area contributed by atoms with Gasteiger partial charge in [-0.1, -0.05) is 6.07 Å². The zero-order valence-corrected chi connectivity index (χ0v) is 13.4. The third-order valence-electron chi connectivity index (χ3n) is 3.94. The Labute approximate surface area is 140 Å². The summed E-state index contributed by atoms with van der Waals surface area (Å²) in [7, 11) is 2.05. The fraction of sp³-hybridized carbons (Fsp3) is 0.294. The molecule has 0 radical (unpaired) electrons. The van der Waals surface area contributed by atoms with Gasteiger partial charge in [0.05, 0.1) is 11.6 Å². The van der Waals surface area contributed by atoms with E-state index in [1.165, 1.54) is 6.33 Å². The summed E-state index contributed by atoms with van der Waals surface area (Å²) in [5.74, 6) is 0.442. The van der Waals surface area contributed by atoms with Gasteiger partial charge in [0.25, 0.3) is 5.91 Å². The summed E-state index contributed by atoms with van der Waals surface area (Å²) in [4.78, 5) is 24.8. The summed E-state index contributed by atoms with van der Waals surface area (Å²) in [5, 5.41) is 12.1. The molecule has 3 rings (SSSR count). The molecule has 1 fully saturated rings. The molecule has 1 N–H and O–H groups in total. The van der Waals surface area contributed by atoms with E-state index in [9.17, 15) is 4.79 Å². The molecule has 1 aromatic carbocycles. The van der Waals surface area contributed by atoms with Crippen molar-refractivity contribution in [1.29, 1.82) is 5.26 Å². The van der Waals surface area contributed by atoms with E-state index in [0.717, 1.165) is 18.8 Å². The molecule has 0 unspecified atom stereocenters. The summed E-state index contributed by atoms with van der Waals surface area (Å²) in [6, 6.07) is 10.8. The number of carbonyl (C=O) groups is 1. The minimum atomic E-state index is -0.0840. The Morgan fingerprint density at radius 2 is 2.00 bits per heavy atom. The normalized spacial score (nSPS) is 14.9. The number of aromatic nitrogens is 2. The molecule has 1 aliphatic heterocycles. The molecule has 7 heteroatoms. The Bertz CT molecular complexity index is 777. The molecule has 1 aromatic heterocycles. The summed E-state index contributed by atoms with van der Waals surface area (Å²) < 4.78 is 0. The molecule has 0 saturated carbocycles. The lowest BCUT2D eigenvalue weighted by molar-refractivity contribution is 0.0658. The van der Waals surface area contributed by atoms with E-state index < -0.39 is 0 Å². The Morgan fingerprint density at radius 1 is 1.21 bits per heavy atom. The van der Waals surface area contributed by atoms with Crippen LogP contribution in [0.25, 0.3) is 0 Å². The van der Waals surface area contributed by atoms with Crippen molar-refractivity contribution < 1.29 is 4.79 Å². The van der Waals surface area contributed by atoms with Crippen molar-refractivity contribution in [1.82, 2.24) is 19.8 Å². The van der Waals surface area contributed by atoms with Gasteiger partial charge in [-0.15, -0.1) is 0 Å². The number of benzene rings is 1. The molecule has 2 heterocycles. The second-order valence-corrected chi connectivity index (χ2v) is 5.70. The number of carbonyl (C=O) groups excluding carboxylic acids is 1. The maximum Gasteiger partial charge on any atom is 0.272 e. The summed E-state index contributed by atoms with van der Waals surface area (Å²) in [5.41, 5.74) is 1.67. The topological polar surface area (TPSA) is 85.1 Å². The van der Waals surface area contributed by atoms with Gasteiger partial charge in [-0.2, -0.15) is 5.26 Å². The van der Waals surface area contributed by atoms with Crippen molar-refractivity contribution in [2.75, 3.05) is 38.5 Å². The van der Waals surface area contributed by atoms with Gasteiger partial charge in [0, 0.05) is 37.9 Å². The van der Waals surface area contributed by atoms with Crippen LogP contribution in [0.3, 0.4) is 0 Å². The summed E-state index contributed by atoms with van der Waals surface area (Å²) in [6.07, 6.45) is 1.37. The van der Waals surface area contributed by atoms with Gasteiger partial charge in [-0.05, 0) is 25.2 Å². The van der Waals surface area contributed by atoms with Gasteiger partial charge < -0.3 is 15.1 Å². The van der Waals surface area contributed by atoms with Crippen LogP contribution >= 0.6 is 0 Å². The highest BCUT2D eigenvalue weighted by molar-refractivity contribution is 5.93. The molecule has 24 heavy (non-hydrogen) atoms. The zero-order valence-electron chi connectivity index (χ0n) is 13.4. The van der Waals surface area contributed by atoms with Gasteiger partial charge in [0.15, 0.2) is 0 Å². The number of amides is 1. The maximum absolute atomic E-state index is 12.6. The fourth-order valence-corrected chi connectivity index (χ4v) is 2.53. The molecule has 1 aliphatic rings. The first kappa shape index (κ1) is 15.9. The lowest BCUT2D eigenvalue weighted by atomic mass is 10.2. The monoisotopic (exact) mass is 322 g/mol. The van der Waals surface area contributed by atoms with Crippen molar-refractivity contribution in [3.05, 3.63) is 47.9 Å². The highest BCUT2D eigenvalue weighted by Gasteiger charge is 2.21. The van der Waals surface area contributed by atoms with Gasteiger partial charge >= 0.3 is 0 Å². The number of anilines is 2. The molecule has 1 amide bonds. The van der Waals surface area contributed by atoms with Crippen molar-refractivity contribution in [3.63, 3.8) is 0 Å². The third-order valence-corrected chi connectivity index (χ3v) is 3.94. The molecule has 0 aliphatic carbocycles. The highest BCUT2D eigenvalue weighted by atomic mass is 16.2. The summed E-state index contributed by atoms with van der Waals surface area (Å²) >= 11 is 0. The molecule has 0 spiro atoms. The van der Waals surface area contributed by atoms with E-state index in [-0.39, 0.29) is 5.91 Å². The predicted octanol–water partition coefficient (Wildman–Crippen LogP) is 1.48. The number of piperazine rings is 1. The van der Waals surface area contributed by atoms with E-state index in [1.807, 2.05) is 18.0 Å². The van der Waals surface area contributed by atoms with Crippen LogP contribution in [-0.4, -0.2) is 58.9 Å². The molecule has 2 aromatic rings. The van der Waals surface area contributed by atoms with Crippen LogP contribution < -0.4 is 5.32 Å². The van der Waals surface area contributed by atoms with Crippen LogP contribution in [-0.2, 0) is 0 Å². The van der Waals surface area contributed by atoms with E-state index in [4.69, 9.17) is 5.26 Å². The number of nitriles is 1. The van der Waals surface area contributed by atoms with Crippen molar-refractivity contribution >= 4 is 17.4 Å². The van der Waals surface area contributed by atoms with E-state index >= 15 is 0 Å². The van der Waals surface area contributed by atoms with E-state index in [2.05, 4.69) is 26.3 Å². The van der Waals surface area contributed by atoms with Gasteiger partial charge in [0.2, 0.25) is 0 Å². The average molecular weight is 322 g/mol. The number of rotatable bonds is 3. The quantitative estimate of drug-likeness (QED) is 0.921.